The summed E-state index contributed by atoms with van der Waals surface area (Å²) < 4.78 is 1.19. The van der Waals surface area contributed by atoms with Crippen LogP contribution in [0.25, 0.3) is 10.2 Å². The molecule has 27 heavy (non-hydrogen) atoms. The van der Waals surface area contributed by atoms with Crippen LogP contribution in [0.1, 0.15) is 18.4 Å². The zero-order valence-electron chi connectivity index (χ0n) is 15.6. The van der Waals surface area contributed by atoms with E-state index in [2.05, 4.69) is 35.0 Å². The average molecular weight is 398 g/mol. The van der Waals surface area contributed by atoms with Crippen LogP contribution >= 0.6 is 23.1 Å². The molecule has 0 aliphatic carbocycles. The van der Waals surface area contributed by atoms with Crippen molar-refractivity contribution in [1.82, 2.24) is 9.88 Å². The number of thioether (sulfide) groups is 1. The van der Waals surface area contributed by atoms with Gasteiger partial charge in [0.15, 0.2) is 0 Å². The third-order valence-corrected chi connectivity index (χ3v) is 6.95. The molecule has 3 aromatic rings. The number of aromatic nitrogens is 1. The van der Waals surface area contributed by atoms with Gasteiger partial charge in [-0.15, -0.1) is 23.1 Å². The number of anilines is 1. The van der Waals surface area contributed by atoms with Gasteiger partial charge in [-0.2, -0.15) is 0 Å². The Kier molecular flexibility index (Phi) is 5.48. The van der Waals surface area contributed by atoms with Gasteiger partial charge in [0.2, 0.25) is 5.91 Å². The number of fused-ring (bicyclic) bond motifs is 2. The van der Waals surface area contributed by atoms with E-state index in [1.54, 1.807) is 11.3 Å². The first kappa shape index (κ1) is 18.5. The second-order valence-corrected chi connectivity index (χ2v) is 9.57. The molecule has 4 nitrogen and oxygen atoms in total. The second-order valence-electron chi connectivity index (χ2n) is 6.98. The first-order valence-electron chi connectivity index (χ1n) is 9.19. The SMILES string of the molecule is CC1CCN(C(=O)CN(C)Cc2nc3ccccc3s2)c2ccccc2S1. The second kappa shape index (κ2) is 8.00. The summed E-state index contributed by atoms with van der Waals surface area (Å²) in [5.41, 5.74) is 2.08. The molecule has 1 aliphatic rings. The molecular weight excluding hydrogens is 374 g/mol. The summed E-state index contributed by atoms with van der Waals surface area (Å²) in [4.78, 5) is 23.0. The van der Waals surface area contributed by atoms with Gasteiger partial charge >= 0.3 is 0 Å². The van der Waals surface area contributed by atoms with Gasteiger partial charge in [0.05, 0.1) is 29.0 Å². The Bertz CT molecular complexity index is 922. The molecule has 2 aromatic carbocycles. The third kappa shape index (κ3) is 4.18. The highest BCUT2D eigenvalue weighted by Crippen LogP contribution is 2.37. The maximum Gasteiger partial charge on any atom is 0.241 e. The number of carbonyl (C=O) groups is 1. The molecule has 0 radical (unpaired) electrons. The number of para-hydroxylation sites is 2. The summed E-state index contributed by atoms with van der Waals surface area (Å²) in [6, 6.07) is 16.4. The first-order valence-corrected chi connectivity index (χ1v) is 10.9. The van der Waals surface area contributed by atoms with Crippen molar-refractivity contribution in [3.63, 3.8) is 0 Å². The molecule has 1 aliphatic heterocycles. The number of thiazole rings is 1. The van der Waals surface area contributed by atoms with Crippen molar-refractivity contribution in [2.75, 3.05) is 25.0 Å². The molecule has 0 spiro atoms. The maximum atomic E-state index is 13.1. The Labute approximate surface area is 168 Å². The molecule has 1 aromatic heterocycles. The highest BCUT2D eigenvalue weighted by Gasteiger charge is 2.24. The summed E-state index contributed by atoms with van der Waals surface area (Å²) in [5.74, 6) is 0.153. The van der Waals surface area contributed by atoms with E-state index in [0.717, 1.165) is 29.2 Å². The summed E-state index contributed by atoms with van der Waals surface area (Å²) in [7, 11) is 1.99. The van der Waals surface area contributed by atoms with Crippen LogP contribution in [-0.4, -0.2) is 41.2 Å². The van der Waals surface area contributed by atoms with Crippen LogP contribution < -0.4 is 4.90 Å². The predicted octanol–water partition coefficient (Wildman–Crippen LogP) is 4.65. The number of carbonyl (C=O) groups excluding carboxylic acids is 1. The van der Waals surface area contributed by atoms with E-state index in [9.17, 15) is 4.79 Å². The van der Waals surface area contributed by atoms with E-state index >= 15 is 0 Å². The van der Waals surface area contributed by atoms with Gasteiger partial charge in [-0.1, -0.05) is 31.2 Å². The van der Waals surface area contributed by atoms with Crippen LogP contribution in [0.15, 0.2) is 53.4 Å². The lowest BCUT2D eigenvalue weighted by Gasteiger charge is -2.25. The highest BCUT2D eigenvalue weighted by molar-refractivity contribution is 8.00. The van der Waals surface area contributed by atoms with E-state index in [-0.39, 0.29) is 5.91 Å². The van der Waals surface area contributed by atoms with Gasteiger partial charge in [-0.05, 0) is 37.7 Å². The molecule has 0 bridgehead atoms. The van der Waals surface area contributed by atoms with E-state index in [1.165, 1.54) is 9.60 Å². The Morgan fingerprint density at radius 3 is 2.85 bits per heavy atom. The Morgan fingerprint density at radius 1 is 1.22 bits per heavy atom. The first-order chi connectivity index (χ1) is 13.1. The zero-order chi connectivity index (χ0) is 18.8. The van der Waals surface area contributed by atoms with Crippen LogP contribution in [0.4, 0.5) is 5.69 Å². The molecule has 0 saturated carbocycles. The molecule has 0 fully saturated rings. The number of hydrogen-bond donors (Lipinski definition) is 0. The number of likely N-dealkylation sites (N-methyl/N-ethyl adjacent to an activating group) is 1. The number of benzene rings is 2. The van der Waals surface area contributed by atoms with Crippen LogP contribution in [0.2, 0.25) is 0 Å². The van der Waals surface area contributed by atoms with Gasteiger partial charge in [0.1, 0.15) is 5.01 Å². The Hall–Kier alpha value is -1.89. The van der Waals surface area contributed by atoms with Crippen LogP contribution in [0.3, 0.4) is 0 Å². The molecule has 1 amide bonds. The minimum absolute atomic E-state index is 0.153. The number of rotatable bonds is 4. The smallest absolute Gasteiger partial charge is 0.241 e. The minimum atomic E-state index is 0.153. The summed E-state index contributed by atoms with van der Waals surface area (Å²) in [6.45, 7) is 4.09. The number of amides is 1. The van der Waals surface area contributed by atoms with E-state index < -0.39 is 0 Å². The molecule has 140 valence electrons. The average Bonchev–Trinajstić information content (AvgIpc) is 2.96. The fourth-order valence-corrected chi connectivity index (χ4v) is 5.50. The van der Waals surface area contributed by atoms with Crippen molar-refractivity contribution >= 4 is 44.9 Å². The molecule has 6 heteroatoms. The van der Waals surface area contributed by atoms with Gasteiger partial charge in [0, 0.05) is 16.7 Å². The minimum Gasteiger partial charge on any atom is -0.310 e. The topological polar surface area (TPSA) is 36.4 Å². The van der Waals surface area contributed by atoms with Crippen molar-refractivity contribution in [3.8, 4) is 0 Å². The van der Waals surface area contributed by atoms with Crippen LogP contribution in [-0.2, 0) is 11.3 Å². The van der Waals surface area contributed by atoms with Crippen LogP contribution in [0.5, 0.6) is 0 Å². The molecular formula is C21H23N3OS2. The maximum absolute atomic E-state index is 13.1. The highest BCUT2D eigenvalue weighted by atomic mass is 32.2. The normalized spacial score (nSPS) is 17.1. The monoisotopic (exact) mass is 397 g/mol. The molecule has 0 saturated heterocycles. The van der Waals surface area contributed by atoms with Crippen molar-refractivity contribution in [2.45, 2.75) is 30.0 Å². The molecule has 4 rings (SSSR count). The molecule has 1 atom stereocenters. The van der Waals surface area contributed by atoms with Crippen molar-refractivity contribution < 1.29 is 4.79 Å². The lowest BCUT2D eigenvalue weighted by molar-refractivity contribution is -0.119. The summed E-state index contributed by atoms with van der Waals surface area (Å²) >= 11 is 3.56. The van der Waals surface area contributed by atoms with Crippen molar-refractivity contribution in [1.29, 1.82) is 0 Å². The molecule has 2 heterocycles. The number of hydrogen-bond acceptors (Lipinski definition) is 5. The van der Waals surface area contributed by atoms with Crippen molar-refractivity contribution in [3.05, 3.63) is 53.5 Å². The largest absolute Gasteiger partial charge is 0.310 e. The van der Waals surface area contributed by atoms with Gasteiger partial charge in [-0.3, -0.25) is 9.69 Å². The number of nitrogens with zero attached hydrogens (tertiary/aromatic N) is 3. The third-order valence-electron chi connectivity index (χ3n) is 4.69. The quantitative estimate of drug-likeness (QED) is 0.642. The standard InChI is InChI=1S/C21H23N3OS2/c1-15-11-12-24(17-8-4-6-10-19(17)26-15)21(25)14-23(2)13-20-22-16-7-3-5-9-18(16)27-20/h3-10,15H,11-14H2,1-2H3. The van der Waals surface area contributed by atoms with Crippen LogP contribution in [0, 0.1) is 0 Å². The molecule has 0 N–H and O–H groups in total. The summed E-state index contributed by atoms with van der Waals surface area (Å²) in [6.07, 6.45) is 1.01. The van der Waals surface area contributed by atoms with Gasteiger partial charge in [-0.25, -0.2) is 4.98 Å². The lowest BCUT2D eigenvalue weighted by Crippen LogP contribution is -2.39. The van der Waals surface area contributed by atoms with Gasteiger partial charge < -0.3 is 4.90 Å². The molecule has 1 unspecified atom stereocenters. The summed E-state index contributed by atoms with van der Waals surface area (Å²) in [5, 5.41) is 1.57. The van der Waals surface area contributed by atoms with E-state index in [1.807, 2.05) is 54.0 Å². The Morgan fingerprint density at radius 2 is 2.00 bits per heavy atom. The Balaban J connectivity index is 1.46. The van der Waals surface area contributed by atoms with Gasteiger partial charge in [0.25, 0.3) is 0 Å². The predicted molar refractivity (Wildman–Crippen MR) is 115 cm³/mol. The zero-order valence-corrected chi connectivity index (χ0v) is 17.2. The lowest BCUT2D eigenvalue weighted by atomic mass is 10.2. The fourth-order valence-electron chi connectivity index (χ4n) is 3.34. The fraction of sp³-hybridized carbons (Fsp3) is 0.333. The van der Waals surface area contributed by atoms with E-state index in [4.69, 9.17) is 0 Å². The van der Waals surface area contributed by atoms with E-state index in [0.29, 0.717) is 18.3 Å². The van der Waals surface area contributed by atoms with Crippen molar-refractivity contribution in [2.24, 2.45) is 0 Å².